The number of thioether (sulfide) groups is 1. The molecular formula is C24H33N3O3S2. The van der Waals surface area contributed by atoms with Crippen molar-refractivity contribution in [1.29, 1.82) is 0 Å². The van der Waals surface area contributed by atoms with Gasteiger partial charge in [0.15, 0.2) is 5.16 Å². The Morgan fingerprint density at radius 1 is 1.41 bits per heavy atom. The first kappa shape index (κ1) is 23.5. The Bertz CT molecular complexity index is 1070. The van der Waals surface area contributed by atoms with Gasteiger partial charge in [-0.3, -0.25) is 14.2 Å². The minimum atomic E-state index is 0.0294. The number of fused-ring (bicyclic) bond motifs is 3. The van der Waals surface area contributed by atoms with Crippen LogP contribution in [-0.2, 0) is 28.9 Å². The summed E-state index contributed by atoms with van der Waals surface area (Å²) in [6.45, 7) is 12.5. The molecule has 0 N–H and O–H groups in total. The van der Waals surface area contributed by atoms with Gasteiger partial charge in [0, 0.05) is 24.6 Å². The number of aryl methyl sites for hydroxylation is 1. The van der Waals surface area contributed by atoms with Crippen LogP contribution in [0.5, 0.6) is 0 Å². The minimum absolute atomic E-state index is 0.0294. The Labute approximate surface area is 198 Å². The molecule has 174 valence electrons. The zero-order chi connectivity index (χ0) is 22.8. The molecule has 0 bridgehead atoms. The molecule has 0 saturated carbocycles. The Kier molecular flexibility index (Phi) is 7.42. The number of hydrogen-bond donors (Lipinski definition) is 0. The molecule has 0 aromatic carbocycles. The SMILES string of the molecule is C=C(C)CN(CC)C(=O)CSc1nc2sc3c(c2c(=O)n1CC1CCCO1)CCC(C)C3. The van der Waals surface area contributed by atoms with Crippen molar-refractivity contribution in [3.8, 4) is 0 Å². The van der Waals surface area contributed by atoms with Crippen molar-refractivity contribution in [2.24, 2.45) is 5.92 Å². The second-order valence-corrected chi connectivity index (χ2v) is 11.2. The van der Waals surface area contributed by atoms with Crippen molar-refractivity contribution in [2.45, 2.75) is 70.7 Å². The van der Waals surface area contributed by atoms with Crippen LogP contribution in [0.25, 0.3) is 10.2 Å². The first-order chi connectivity index (χ1) is 15.4. The van der Waals surface area contributed by atoms with Gasteiger partial charge in [0.2, 0.25) is 5.91 Å². The summed E-state index contributed by atoms with van der Waals surface area (Å²) in [4.78, 5) is 35.3. The van der Waals surface area contributed by atoms with Gasteiger partial charge in [0.05, 0.1) is 23.8 Å². The van der Waals surface area contributed by atoms with Crippen LogP contribution in [-0.4, -0.2) is 51.9 Å². The maximum atomic E-state index is 13.7. The van der Waals surface area contributed by atoms with Crippen LogP contribution in [0.2, 0.25) is 0 Å². The highest BCUT2D eigenvalue weighted by Gasteiger charge is 2.27. The molecule has 0 spiro atoms. The van der Waals surface area contributed by atoms with E-state index in [0.29, 0.717) is 30.7 Å². The van der Waals surface area contributed by atoms with Crippen LogP contribution in [0.4, 0.5) is 0 Å². The zero-order valence-electron chi connectivity index (χ0n) is 19.3. The van der Waals surface area contributed by atoms with Gasteiger partial charge in [-0.25, -0.2) is 4.98 Å². The summed E-state index contributed by atoms with van der Waals surface area (Å²) < 4.78 is 7.61. The van der Waals surface area contributed by atoms with Crippen molar-refractivity contribution < 1.29 is 9.53 Å². The number of carbonyl (C=O) groups is 1. The molecular weight excluding hydrogens is 442 g/mol. The average Bonchev–Trinajstić information content (AvgIpc) is 3.39. The molecule has 1 aliphatic carbocycles. The van der Waals surface area contributed by atoms with Gasteiger partial charge in [-0.05, 0) is 57.4 Å². The van der Waals surface area contributed by atoms with Gasteiger partial charge >= 0.3 is 0 Å². The van der Waals surface area contributed by atoms with Crippen molar-refractivity contribution in [3.63, 3.8) is 0 Å². The Morgan fingerprint density at radius 3 is 2.91 bits per heavy atom. The summed E-state index contributed by atoms with van der Waals surface area (Å²) in [7, 11) is 0. The molecule has 1 fully saturated rings. The molecule has 3 heterocycles. The predicted molar refractivity (Wildman–Crippen MR) is 132 cm³/mol. The summed E-state index contributed by atoms with van der Waals surface area (Å²) in [6.07, 6.45) is 5.10. The van der Waals surface area contributed by atoms with E-state index in [9.17, 15) is 9.59 Å². The summed E-state index contributed by atoms with van der Waals surface area (Å²) in [5.74, 6) is 0.939. The maximum absolute atomic E-state index is 13.7. The van der Waals surface area contributed by atoms with E-state index in [-0.39, 0.29) is 23.3 Å². The van der Waals surface area contributed by atoms with Gasteiger partial charge in [0.25, 0.3) is 5.56 Å². The quantitative estimate of drug-likeness (QED) is 0.324. The largest absolute Gasteiger partial charge is 0.376 e. The van der Waals surface area contributed by atoms with Crippen LogP contribution < -0.4 is 5.56 Å². The lowest BCUT2D eigenvalue weighted by Gasteiger charge is -2.21. The van der Waals surface area contributed by atoms with Gasteiger partial charge in [0.1, 0.15) is 4.83 Å². The van der Waals surface area contributed by atoms with E-state index < -0.39 is 0 Å². The van der Waals surface area contributed by atoms with Gasteiger partial charge < -0.3 is 9.64 Å². The van der Waals surface area contributed by atoms with E-state index in [1.165, 1.54) is 22.2 Å². The maximum Gasteiger partial charge on any atom is 0.263 e. The van der Waals surface area contributed by atoms with Crippen molar-refractivity contribution in [1.82, 2.24) is 14.5 Å². The van der Waals surface area contributed by atoms with E-state index >= 15 is 0 Å². The van der Waals surface area contributed by atoms with Crippen LogP contribution in [0.1, 0.15) is 50.5 Å². The molecule has 4 rings (SSSR count). The highest BCUT2D eigenvalue weighted by atomic mass is 32.2. The summed E-state index contributed by atoms with van der Waals surface area (Å²) in [6, 6.07) is 0. The third-order valence-electron chi connectivity index (χ3n) is 6.31. The summed E-state index contributed by atoms with van der Waals surface area (Å²) >= 11 is 3.03. The second-order valence-electron chi connectivity index (χ2n) is 9.13. The predicted octanol–water partition coefficient (Wildman–Crippen LogP) is 4.28. The number of thiophene rings is 1. The minimum Gasteiger partial charge on any atom is -0.376 e. The number of hydrogen-bond acceptors (Lipinski definition) is 6. The molecule has 0 radical (unpaired) electrons. The van der Waals surface area contributed by atoms with E-state index in [2.05, 4.69) is 13.5 Å². The molecule has 8 heteroatoms. The fourth-order valence-corrected chi connectivity index (χ4v) is 6.92. The molecule has 2 aromatic rings. The Balaban J connectivity index is 1.67. The standard InChI is InChI=1S/C24H33N3O3S2/c1-5-26(12-15(2)3)20(28)14-31-24-25-22-21(18-9-8-16(4)11-19(18)32-22)23(29)27(24)13-17-7-6-10-30-17/h16-17H,2,5-14H2,1,3-4H3. The molecule has 1 saturated heterocycles. The second kappa shape index (κ2) is 10.1. The topological polar surface area (TPSA) is 64.4 Å². The number of rotatable bonds is 8. The van der Waals surface area contributed by atoms with E-state index in [0.717, 1.165) is 54.5 Å². The normalized spacial score (nSPS) is 20.5. The molecule has 2 unspecified atom stereocenters. The van der Waals surface area contributed by atoms with E-state index in [1.807, 2.05) is 13.8 Å². The first-order valence-corrected chi connectivity index (χ1v) is 13.4. The Morgan fingerprint density at radius 2 is 2.22 bits per heavy atom. The van der Waals surface area contributed by atoms with Gasteiger partial charge in [-0.2, -0.15) is 0 Å². The van der Waals surface area contributed by atoms with Crippen LogP contribution >= 0.6 is 23.1 Å². The van der Waals surface area contributed by atoms with Crippen LogP contribution in [0, 0.1) is 5.92 Å². The van der Waals surface area contributed by atoms with Gasteiger partial charge in [-0.15, -0.1) is 11.3 Å². The molecule has 2 aromatic heterocycles. The van der Waals surface area contributed by atoms with Crippen molar-refractivity contribution in [2.75, 3.05) is 25.4 Å². The smallest absolute Gasteiger partial charge is 0.263 e. The fourth-order valence-electron chi connectivity index (χ4n) is 4.59. The number of aromatic nitrogens is 2. The van der Waals surface area contributed by atoms with Crippen LogP contribution in [0.15, 0.2) is 22.1 Å². The third-order valence-corrected chi connectivity index (χ3v) is 8.42. The zero-order valence-corrected chi connectivity index (χ0v) is 20.9. The van der Waals surface area contributed by atoms with Gasteiger partial charge in [-0.1, -0.05) is 30.8 Å². The molecule has 32 heavy (non-hydrogen) atoms. The lowest BCUT2D eigenvalue weighted by molar-refractivity contribution is -0.127. The average molecular weight is 476 g/mol. The number of ether oxygens (including phenoxy) is 1. The monoisotopic (exact) mass is 475 g/mol. The first-order valence-electron chi connectivity index (χ1n) is 11.6. The lowest BCUT2D eigenvalue weighted by Crippen LogP contribution is -2.34. The number of likely N-dealkylation sites (N-methyl/N-ethyl adjacent to an activating group) is 1. The van der Waals surface area contributed by atoms with Crippen LogP contribution in [0.3, 0.4) is 0 Å². The number of carbonyl (C=O) groups excluding carboxylic acids is 1. The summed E-state index contributed by atoms with van der Waals surface area (Å²) in [5.41, 5.74) is 2.19. The lowest BCUT2D eigenvalue weighted by atomic mass is 9.89. The highest BCUT2D eigenvalue weighted by Crippen LogP contribution is 2.36. The fraction of sp³-hybridized carbons (Fsp3) is 0.625. The third kappa shape index (κ3) is 4.97. The molecule has 2 aliphatic rings. The molecule has 1 amide bonds. The molecule has 1 aliphatic heterocycles. The molecule has 6 nitrogen and oxygen atoms in total. The Hall–Kier alpha value is -1.64. The van der Waals surface area contributed by atoms with E-state index in [1.54, 1.807) is 20.8 Å². The highest BCUT2D eigenvalue weighted by molar-refractivity contribution is 7.99. The number of nitrogens with zero attached hydrogens (tertiary/aromatic N) is 3. The molecule has 2 atom stereocenters. The summed E-state index contributed by atoms with van der Waals surface area (Å²) in [5, 5.41) is 1.42. The van der Waals surface area contributed by atoms with Crippen molar-refractivity contribution >= 4 is 39.2 Å². The van der Waals surface area contributed by atoms with E-state index in [4.69, 9.17) is 9.72 Å². The van der Waals surface area contributed by atoms with Crippen molar-refractivity contribution in [3.05, 3.63) is 32.9 Å². The number of amides is 1.